The predicted molar refractivity (Wildman–Crippen MR) is 188 cm³/mol. The molecule has 0 aromatic heterocycles. The molecule has 2 unspecified atom stereocenters. The maximum Gasteiger partial charge on any atom is 0.328 e. The van der Waals surface area contributed by atoms with Crippen LogP contribution in [0.4, 0.5) is 0 Å². The van der Waals surface area contributed by atoms with Crippen molar-refractivity contribution in [1.82, 2.24) is 36.8 Å². The van der Waals surface area contributed by atoms with Crippen LogP contribution in [-0.4, -0.2) is 123 Å². The van der Waals surface area contributed by atoms with Gasteiger partial charge in [-0.1, -0.05) is 44.2 Å². The molecular weight excluding hydrogens is 694 g/mol. The topological polar surface area (TPSA) is 248 Å². The van der Waals surface area contributed by atoms with E-state index in [1.54, 1.807) is 44.2 Å². The van der Waals surface area contributed by atoms with Gasteiger partial charge in [-0.05, 0) is 31.2 Å². The van der Waals surface area contributed by atoms with Crippen molar-refractivity contribution < 1.29 is 52.6 Å². The number of nitrogens with one attached hydrogen (secondary N) is 6. The molecule has 18 heteroatoms. The van der Waals surface area contributed by atoms with E-state index in [2.05, 4.69) is 31.9 Å². The zero-order valence-electron chi connectivity index (χ0n) is 30.9. The van der Waals surface area contributed by atoms with E-state index in [1.165, 1.54) is 14.0 Å². The number of likely N-dealkylation sites (N-methyl/N-ethyl adjacent to an activating group) is 1. The predicted octanol–water partition coefficient (Wildman–Crippen LogP) is -1.79. The number of amides is 7. The Bertz CT molecular complexity index is 1490. The average molecular weight is 746 g/mol. The summed E-state index contributed by atoms with van der Waals surface area (Å²) in [6.07, 6.45) is -1.17. The third-order valence-corrected chi connectivity index (χ3v) is 8.16. The van der Waals surface area contributed by atoms with Crippen LogP contribution in [0.2, 0.25) is 0 Å². The number of methoxy groups -OCH3 is 2. The Balaban J connectivity index is 2.42. The standard InChI is InChI=1S/C35H51N7O11/c1-20(2)16-24-33(49)41-26(35(51)53-6)18-28(44)39-25(17-22-10-8-7-9-11-22)32(48)36-15-14-27(43)38-23(34(50)52-5)12-13-30(46)42(4)19-29(45)37-21(3)31(47)40-24/h7-11,20-21,23-26H,12-19H2,1-6H3,(H,36,48)(H,37,45)(H,38,43)(H,39,44)(H,40,47)(H,41,49)/t21-,23?,24+,25?,26-/m1/s1. The van der Waals surface area contributed by atoms with Gasteiger partial charge in [0.2, 0.25) is 41.4 Å². The number of ether oxygens (including phenoxy) is 2. The van der Waals surface area contributed by atoms with Crippen molar-refractivity contribution in [2.75, 3.05) is 34.4 Å². The fraction of sp³-hybridized carbons (Fsp3) is 0.571. The van der Waals surface area contributed by atoms with Crippen molar-refractivity contribution in [3.8, 4) is 0 Å². The van der Waals surface area contributed by atoms with Crippen LogP contribution in [0.1, 0.15) is 58.4 Å². The summed E-state index contributed by atoms with van der Waals surface area (Å²) in [5.41, 5.74) is 0.686. The number of hydrogen-bond acceptors (Lipinski definition) is 11. The molecule has 53 heavy (non-hydrogen) atoms. The van der Waals surface area contributed by atoms with Gasteiger partial charge in [0.05, 0.1) is 27.2 Å². The van der Waals surface area contributed by atoms with Crippen LogP contribution in [-0.2, 0) is 59.0 Å². The molecule has 1 aliphatic heterocycles. The Hall–Kier alpha value is -5.55. The molecule has 5 atom stereocenters. The first kappa shape index (κ1) is 43.6. The lowest BCUT2D eigenvalue weighted by Gasteiger charge is -2.25. The molecule has 1 aromatic rings. The molecule has 1 fully saturated rings. The number of nitrogens with zero attached hydrogens (tertiary/aromatic N) is 1. The van der Waals surface area contributed by atoms with Gasteiger partial charge < -0.3 is 46.3 Å². The summed E-state index contributed by atoms with van der Waals surface area (Å²) >= 11 is 0. The highest BCUT2D eigenvalue weighted by Gasteiger charge is 2.32. The first-order chi connectivity index (χ1) is 25.0. The summed E-state index contributed by atoms with van der Waals surface area (Å²) in [6.45, 7) is 4.33. The van der Waals surface area contributed by atoms with Crippen LogP contribution < -0.4 is 31.9 Å². The quantitative estimate of drug-likeness (QED) is 0.178. The van der Waals surface area contributed by atoms with Gasteiger partial charge in [-0.2, -0.15) is 0 Å². The first-order valence-corrected chi connectivity index (χ1v) is 17.2. The fourth-order valence-corrected chi connectivity index (χ4v) is 5.30. The molecule has 0 bridgehead atoms. The zero-order chi connectivity index (χ0) is 39.7. The molecular formula is C35H51N7O11. The molecule has 0 radical (unpaired) electrons. The van der Waals surface area contributed by atoms with Gasteiger partial charge in [-0.15, -0.1) is 0 Å². The van der Waals surface area contributed by atoms with Gasteiger partial charge in [0.25, 0.3) is 0 Å². The average Bonchev–Trinajstić information content (AvgIpc) is 3.11. The molecule has 0 spiro atoms. The van der Waals surface area contributed by atoms with Crippen molar-refractivity contribution in [1.29, 1.82) is 0 Å². The number of benzene rings is 1. The van der Waals surface area contributed by atoms with E-state index in [0.29, 0.717) is 5.56 Å². The monoisotopic (exact) mass is 745 g/mol. The lowest BCUT2D eigenvalue weighted by atomic mass is 10.0. The molecule has 292 valence electrons. The summed E-state index contributed by atoms with van der Waals surface area (Å²) < 4.78 is 9.59. The van der Waals surface area contributed by atoms with E-state index >= 15 is 0 Å². The van der Waals surface area contributed by atoms with Gasteiger partial charge >= 0.3 is 11.9 Å². The highest BCUT2D eigenvalue weighted by Crippen LogP contribution is 2.09. The lowest BCUT2D eigenvalue weighted by molar-refractivity contribution is -0.147. The van der Waals surface area contributed by atoms with Crippen LogP contribution >= 0.6 is 0 Å². The highest BCUT2D eigenvalue weighted by atomic mass is 16.5. The third kappa shape index (κ3) is 15.3. The SMILES string of the molecule is COC(=O)C1CCC(=O)N(C)CC(=O)N[C@H](C)C(=O)N[C@@H](CC(C)C)C(=O)N[C@@H](C(=O)OC)CC(=O)NC(Cc2ccccc2)C(=O)NCCC(=O)N1. The zero-order valence-corrected chi connectivity index (χ0v) is 30.9. The number of carbonyl (C=O) groups is 9. The largest absolute Gasteiger partial charge is 0.467 e. The Labute approximate surface area is 308 Å². The van der Waals surface area contributed by atoms with E-state index in [4.69, 9.17) is 9.47 Å². The number of hydrogen-bond donors (Lipinski definition) is 6. The molecule has 1 saturated heterocycles. The summed E-state index contributed by atoms with van der Waals surface area (Å²) in [7, 11) is 3.53. The van der Waals surface area contributed by atoms with E-state index in [9.17, 15) is 43.2 Å². The molecule has 1 aliphatic rings. The normalized spacial score (nSPS) is 23.9. The third-order valence-electron chi connectivity index (χ3n) is 8.16. The highest BCUT2D eigenvalue weighted by molar-refractivity contribution is 5.96. The van der Waals surface area contributed by atoms with Crippen LogP contribution in [0.15, 0.2) is 30.3 Å². The van der Waals surface area contributed by atoms with Crippen molar-refractivity contribution in [3.63, 3.8) is 0 Å². The van der Waals surface area contributed by atoms with E-state index in [0.717, 1.165) is 19.1 Å². The second-order valence-corrected chi connectivity index (χ2v) is 13.1. The Morgan fingerprint density at radius 1 is 0.755 bits per heavy atom. The maximum absolute atomic E-state index is 13.5. The minimum Gasteiger partial charge on any atom is -0.467 e. The van der Waals surface area contributed by atoms with Gasteiger partial charge in [0.1, 0.15) is 30.2 Å². The summed E-state index contributed by atoms with van der Waals surface area (Å²) in [5, 5.41) is 15.2. The summed E-state index contributed by atoms with van der Waals surface area (Å²) in [5.74, 6) is -6.75. The fourth-order valence-electron chi connectivity index (χ4n) is 5.30. The first-order valence-electron chi connectivity index (χ1n) is 17.2. The molecule has 0 saturated carbocycles. The second kappa shape index (κ2) is 21.7. The minimum atomic E-state index is -1.51. The lowest BCUT2D eigenvalue weighted by Crippen LogP contribution is -2.57. The molecule has 0 aliphatic carbocycles. The molecule has 6 N–H and O–H groups in total. The van der Waals surface area contributed by atoms with Gasteiger partial charge in [0, 0.05) is 32.9 Å². The number of rotatable bonds is 6. The summed E-state index contributed by atoms with van der Waals surface area (Å²) in [6, 6.07) is 2.50. The Kier molecular flexibility index (Phi) is 17.9. The van der Waals surface area contributed by atoms with Crippen molar-refractivity contribution >= 4 is 53.3 Å². The van der Waals surface area contributed by atoms with E-state index in [1.807, 2.05) is 0 Å². The van der Waals surface area contributed by atoms with Crippen LogP contribution in [0.25, 0.3) is 0 Å². The molecule has 18 nitrogen and oxygen atoms in total. The minimum absolute atomic E-state index is 0.0317. The van der Waals surface area contributed by atoms with E-state index < -0.39 is 96.5 Å². The Morgan fingerprint density at radius 2 is 1.40 bits per heavy atom. The van der Waals surface area contributed by atoms with Gasteiger partial charge in [0.15, 0.2) is 0 Å². The molecule has 1 heterocycles. The van der Waals surface area contributed by atoms with Crippen molar-refractivity contribution in [2.45, 2.75) is 89.5 Å². The molecule has 1 aromatic carbocycles. The van der Waals surface area contributed by atoms with Crippen LogP contribution in [0, 0.1) is 5.92 Å². The van der Waals surface area contributed by atoms with Crippen LogP contribution in [0.3, 0.4) is 0 Å². The number of esters is 2. The smallest absolute Gasteiger partial charge is 0.328 e. The van der Waals surface area contributed by atoms with Crippen LogP contribution in [0.5, 0.6) is 0 Å². The molecule has 2 rings (SSSR count). The van der Waals surface area contributed by atoms with Crippen molar-refractivity contribution in [3.05, 3.63) is 35.9 Å². The van der Waals surface area contributed by atoms with Crippen molar-refractivity contribution in [2.24, 2.45) is 5.92 Å². The second-order valence-electron chi connectivity index (χ2n) is 13.1. The number of carbonyl (C=O) groups excluding carboxylic acids is 9. The molecule has 7 amide bonds. The Morgan fingerprint density at radius 3 is 2.02 bits per heavy atom. The van der Waals surface area contributed by atoms with Gasteiger partial charge in [-0.25, -0.2) is 9.59 Å². The summed E-state index contributed by atoms with van der Waals surface area (Å²) in [4.78, 5) is 118. The maximum atomic E-state index is 13.5. The van der Waals surface area contributed by atoms with Gasteiger partial charge in [-0.3, -0.25) is 33.6 Å². The van der Waals surface area contributed by atoms with E-state index in [-0.39, 0.29) is 44.6 Å².